The van der Waals surface area contributed by atoms with Crippen LogP contribution in [0.2, 0.25) is 0 Å². The molecule has 4 aromatic rings. The van der Waals surface area contributed by atoms with E-state index >= 15 is 0 Å². The zero-order valence-corrected chi connectivity index (χ0v) is 16.5. The smallest absolute Gasteiger partial charge is 0.252 e. The summed E-state index contributed by atoms with van der Waals surface area (Å²) in [5.41, 5.74) is 5.20. The topological polar surface area (TPSA) is 51.2 Å². The maximum atomic E-state index is 13.1. The highest BCUT2D eigenvalue weighted by molar-refractivity contribution is 6.07. The molecule has 144 valence electrons. The van der Waals surface area contributed by atoms with Crippen molar-refractivity contribution in [1.82, 2.24) is 10.3 Å². The second-order valence-electron chi connectivity index (χ2n) is 6.98. The van der Waals surface area contributed by atoms with E-state index in [0.717, 1.165) is 39.0 Å². The van der Waals surface area contributed by atoms with Crippen LogP contribution in [0.15, 0.2) is 78.9 Å². The van der Waals surface area contributed by atoms with Crippen LogP contribution in [0, 0.1) is 6.92 Å². The van der Waals surface area contributed by atoms with Crippen LogP contribution in [0.3, 0.4) is 0 Å². The van der Waals surface area contributed by atoms with Crippen LogP contribution in [0.5, 0.6) is 5.75 Å². The number of rotatable bonds is 5. The monoisotopic (exact) mass is 382 g/mol. The minimum Gasteiger partial charge on any atom is -0.497 e. The first-order valence-corrected chi connectivity index (χ1v) is 9.52. The van der Waals surface area contributed by atoms with Gasteiger partial charge in [-0.2, -0.15) is 0 Å². The highest BCUT2D eigenvalue weighted by atomic mass is 16.5. The number of pyridine rings is 1. The van der Waals surface area contributed by atoms with Gasteiger partial charge in [0.15, 0.2) is 0 Å². The molecule has 1 N–H and O–H groups in total. The predicted octanol–water partition coefficient (Wildman–Crippen LogP) is 5.15. The van der Waals surface area contributed by atoms with Crippen LogP contribution in [0.1, 0.15) is 21.5 Å². The number of nitrogens with one attached hydrogen (secondary N) is 1. The predicted molar refractivity (Wildman–Crippen MR) is 116 cm³/mol. The van der Waals surface area contributed by atoms with E-state index in [2.05, 4.69) is 5.32 Å². The van der Waals surface area contributed by atoms with Gasteiger partial charge in [0, 0.05) is 17.5 Å². The number of hydrogen-bond donors (Lipinski definition) is 1. The highest BCUT2D eigenvalue weighted by Gasteiger charge is 2.14. The Morgan fingerprint density at radius 1 is 0.966 bits per heavy atom. The van der Waals surface area contributed by atoms with E-state index in [4.69, 9.17) is 9.72 Å². The van der Waals surface area contributed by atoms with Crippen molar-refractivity contribution in [1.29, 1.82) is 0 Å². The minimum absolute atomic E-state index is 0.115. The molecule has 4 nitrogen and oxygen atoms in total. The third-order valence-electron chi connectivity index (χ3n) is 4.87. The zero-order valence-electron chi connectivity index (χ0n) is 16.5. The molecule has 1 aromatic heterocycles. The number of methoxy groups -OCH3 is 1. The van der Waals surface area contributed by atoms with Crippen molar-refractivity contribution in [3.63, 3.8) is 0 Å². The second kappa shape index (κ2) is 8.15. The molecule has 0 radical (unpaired) electrons. The Hall–Kier alpha value is -3.66. The minimum atomic E-state index is -0.115. The van der Waals surface area contributed by atoms with Crippen molar-refractivity contribution in [2.75, 3.05) is 7.11 Å². The lowest BCUT2D eigenvalue weighted by molar-refractivity contribution is 0.0952. The largest absolute Gasteiger partial charge is 0.497 e. The Morgan fingerprint density at radius 3 is 2.59 bits per heavy atom. The van der Waals surface area contributed by atoms with Crippen molar-refractivity contribution in [3.05, 3.63) is 95.6 Å². The lowest BCUT2D eigenvalue weighted by Crippen LogP contribution is -2.23. The number of carbonyl (C=O) groups is 1. The SMILES string of the molecule is COc1cccc(-c2cc(C(=O)NCc3ccccc3)c3cc(C)ccc3n2)c1. The van der Waals surface area contributed by atoms with Crippen molar-refractivity contribution in [3.8, 4) is 17.0 Å². The van der Waals surface area contributed by atoms with E-state index in [1.807, 2.05) is 85.8 Å². The number of ether oxygens (including phenoxy) is 1. The van der Waals surface area contributed by atoms with Crippen LogP contribution in [0.4, 0.5) is 0 Å². The van der Waals surface area contributed by atoms with E-state index in [9.17, 15) is 4.79 Å². The first kappa shape index (κ1) is 18.7. The van der Waals surface area contributed by atoms with Crippen molar-refractivity contribution in [2.24, 2.45) is 0 Å². The van der Waals surface area contributed by atoms with E-state index in [-0.39, 0.29) is 5.91 Å². The summed E-state index contributed by atoms with van der Waals surface area (Å²) in [5.74, 6) is 0.638. The van der Waals surface area contributed by atoms with Gasteiger partial charge in [0.25, 0.3) is 5.91 Å². The van der Waals surface area contributed by atoms with Gasteiger partial charge in [-0.1, -0.05) is 54.1 Å². The Kier molecular flexibility index (Phi) is 5.25. The molecule has 1 amide bonds. The van der Waals surface area contributed by atoms with E-state index in [1.54, 1.807) is 7.11 Å². The fourth-order valence-corrected chi connectivity index (χ4v) is 3.33. The molecule has 0 aliphatic heterocycles. The van der Waals surface area contributed by atoms with Crippen LogP contribution >= 0.6 is 0 Å². The van der Waals surface area contributed by atoms with E-state index in [0.29, 0.717) is 12.1 Å². The van der Waals surface area contributed by atoms with E-state index < -0.39 is 0 Å². The number of fused-ring (bicyclic) bond motifs is 1. The van der Waals surface area contributed by atoms with Gasteiger partial charge >= 0.3 is 0 Å². The van der Waals surface area contributed by atoms with Crippen LogP contribution in [-0.4, -0.2) is 18.0 Å². The molecule has 0 aliphatic carbocycles. The van der Waals surface area contributed by atoms with Gasteiger partial charge in [-0.15, -0.1) is 0 Å². The van der Waals surface area contributed by atoms with Crippen molar-refractivity contribution < 1.29 is 9.53 Å². The van der Waals surface area contributed by atoms with Crippen molar-refractivity contribution >= 4 is 16.8 Å². The summed E-state index contributed by atoms with van der Waals surface area (Å²) >= 11 is 0. The maximum absolute atomic E-state index is 13.1. The summed E-state index contributed by atoms with van der Waals surface area (Å²) in [6.45, 7) is 2.49. The molecular formula is C25H22N2O2. The molecular weight excluding hydrogens is 360 g/mol. The number of carbonyl (C=O) groups excluding carboxylic acids is 1. The number of aryl methyl sites for hydroxylation is 1. The summed E-state index contributed by atoms with van der Waals surface area (Å²) in [6.07, 6.45) is 0. The van der Waals surface area contributed by atoms with Gasteiger partial charge in [0.1, 0.15) is 5.75 Å². The lowest BCUT2D eigenvalue weighted by Gasteiger charge is -2.12. The van der Waals surface area contributed by atoms with Gasteiger partial charge < -0.3 is 10.1 Å². The molecule has 4 rings (SSSR count). The van der Waals surface area contributed by atoms with Crippen LogP contribution in [-0.2, 0) is 6.54 Å². The summed E-state index contributed by atoms with van der Waals surface area (Å²) in [5, 5.41) is 3.89. The molecule has 0 bridgehead atoms. The summed E-state index contributed by atoms with van der Waals surface area (Å²) in [4.78, 5) is 17.9. The number of aromatic nitrogens is 1. The maximum Gasteiger partial charge on any atom is 0.252 e. The lowest BCUT2D eigenvalue weighted by atomic mass is 10.0. The normalized spacial score (nSPS) is 10.7. The number of amides is 1. The summed E-state index contributed by atoms with van der Waals surface area (Å²) in [7, 11) is 1.64. The Balaban J connectivity index is 1.76. The van der Waals surface area contributed by atoms with E-state index in [1.165, 1.54) is 0 Å². The molecule has 0 saturated carbocycles. The Labute approximate surface area is 170 Å². The Morgan fingerprint density at radius 2 is 1.79 bits per heavy atom. The molecule has 0 unspecified atom stereocenters. The van der Waals surface area contributed by atoms with Gasteiger partial charge in [0.2, 0.25) is 0 Å². The molecule has 0 atom stereocenters. The molecule has 0 spiro atoms. The third kappa shape index (κ3) is 4.11. The van der Waals surface area contributed by atoms with Gasteiger partial charge in [-0.3, -0.25) is 4.79 Å². The molecule has 29 heavy (non-hydrogen) atoms. The number of nitrogens with zero attached hydrogens (tertiary/aromatic N) is 1. The quantitative estimate of drug-likeness (QED) is 0.519. The first-order valence-electron chi connectivity index (χ1n) is 9.52. The molecule has 4 heteroatoms. The second-order valence-corrected chi connectivity index (χ2v) is 6.98. The zero-order chi connectivity index (χ0) is 20.2. The van der Waals surface area contributed by atoms with Crippen LogP contribution < -0.4 is 10.1 Å². The molecule has 0 saturated heterocycles. The fraction of sp³-hybridized carbons (Fsp3) is 0.120. The molecule has 0 aliphatic rings. The average molecular weight is 382 g/mol. The fourth-order valence-electron chi connectivity index (χ4n) is 3.33. The van der Waals surface area contributed by atoms with Crippen molar-refractivity contribution in [2.45, 2.75) is 13.5 Å². The third-order valence-corrected chi connectivity index (χ3v) is 4.87. The van der Waals surface area contributed by atoms with Gasteiger partial charge in [0.05, 0.1) is 23.9 Å². The summed E-state index contributed by atoms with van der Waals surface area (Å²) in [6, 6.07) is 25.4. The first-order chi connectivity index (χ1) is 14.1. The van der Waals surface area contributed by atoms with Gasteiger partial charge in [-0.05, 0) is 42.8 Å². The molecule has 1 heterocycles. The molecule has 3 aromatic carbocycles. The average Bonchev–Trinajstić information content (AvgIpc) is 2.77. The highest BCUT2D eigenvalue weighted by Crippen LogP contribution is 2.28. The summed E-state index contributed by atoms with van der Waals surface area (Å²) < 4.78 is 5.34. The Bertz CT molecular complexity index is 1170. The van der Waals surface area contributed by atoms with Gasteiger partial charge in [-0.25, -0.2) is 4.98 Å². The molecule has 0 fully saturated rings. The number of benzene rings is 3. The number of hydrogen-bond acceptors (Lipinski definition) is 3. The van der Waals surface area contributed by atoms with Crippen LogP contribution in [0.25, 0.3) is 22.2 Å². The standard InChI is InChI=1S/C25H22N2O2/c1-17-11-12-23-21(13-17)22(25(28)26-16-18-7-4-3-5-8-18)15-24(27-23)19-9-6-10-20(14-19)29-2/h3-15H,16H2,1-2H3,(H,26,28).